The van der Waals surface area contributed by atoms with E-state index in [1.807, 2.05) is 34.6 Å². The predicted octanol–water partition coefficient (Wildman–Crippen LogP) is 1.76. The van der Waals surface area contributed by atoms with Gasteiger partial charge in [0.15, 0.2) is 0 Å². The molecule has 0 saturated carbocycles. The van der Waals surface area contributed by atoms with Gasteiger partial charge in [-0.1, -0.05) is 0 Å². The number of nitrogens with zero attached hydrogens (tertiary/aromatic N) is 2. The van der Waals surface area contributed by atoms with Crippen LogP contribution in [0.5, 0.6) is 0 Å². The van der Waals surface area contributed by atoms with Crippen LogP contribution in [0, 0.1) is 0 Å². The number of rotatable bonds is 35. The summed E-state index contributed by atoms with van der Waals surface area (Å²) in [7, 11) is -18.2. The molecule has 0 rings (SSSR count). The fraction of sp³-hybridized carbons (Fsp3) is 1.00. The van der Waals surface area contributed by atoms with E-state index in [2.05, 4.69) is 0 Å². The Morgan fingerprint density at radius 3 is 0.754 bits per heavy atom. The molecule has 0 aliphatic rings. The van der Waals surface area contributed by atoms with Crippen molar-refractivity contribution in [3.63, 3.8) is 0 Å². The van der Waals surface area contributed by atoms with Crippen molar-refractivity contribution in [1.82, 2.24) is 9.80 Å². The fourth-order valence-corrected chi connectivity index (χ4v) is 8.37. The highest BCUT2D eigenvalue weighted by Crippen LogP contribution is 2.42. The molecule has 0 aromatic carbocycles. The monoisotopic (exact) mass is 914 g/mol. The summed E-state index contributed by atoms with van der Waals surface area (Å²) >= 11 is 0. The van der Waals surface area contributed by atoms with Gasteiger partial charge in [-0.15, -0.1) is 0 Å². The molecule has 0 bridgehead atoms. The van der Waals surface area contributed by atoms with Gasteiger partial charge in [0.2, 0.25) is 0 Å². The summed E-state index contributed by atoms with van der Waals surface area (Å²) in [6, 6.07) is -1.35. The zero-order chi connectivity index (χ0) is 44.2. The Morgan fingerprint density at radius 2 is 0.526 bits per heavy atom. The van der Waals surface area contributed by atoms with Crippen molar-refractivity contribution in [1.29, 1.82) is 0 Å². The molecule has 0 aromatic heterocycles. The lowest BCUT2D eigenvalue weighted by Crippen LogP contribution is -2.39. The van der Waals surface area contributed by atoms with Crippen LogP contribution in [0.3, 0.4) is 0 Å². The van der Waals surface area contributed by atoms with Crippen molar-refractivity contribution < 1.29 is 95.3 Å². The molecule has 0 amide bonds. The van der Waals surface area contributed by atoms with Crippen molar-refractivity contribution in [2.24, 2.45) is 0 Å². The summed E-state index contributed by atoms with van der Waals surface area (Å²) in [5.41, 5.74) is 0. The van der Waals surface area contributed by atoms with Crippen LogP contribution in [0.25, 0.3) is 0 Å². The lowest BCUT2D eigenvalue weighted by Gasteiger charge is -2.30. The molecule has 0 fully saturated rings. The third kappa shape index (κ3) is 34.5. The maximum absolute atomic E-state index is 11.4. The number of hydrogen-bond acceptors (Lipinski definition) is 14. The topological polar surface area (TPSA) is 310 Å². The van der Waals surface area contributed by atoms with Crippen LogP contribution < -0.4 is 0 Å². The lowest BCUT2D eigenvalue weighted by atomic mass is 10.3. The third-order valence-electron chi connectivity index (χ3n) is 7.74. The van der Waals surface area contributed by atoms with E-state index in [1.54, 1.807) is 27.7 Å². The summed E-state index contributed by atoms with van der Waals surface area (Å²) in [6.45, 7) is 17.6. The van der Waals surface area contributed by atoms with Crippen LogP contribution in [-0.4, -0.2) is 188 Å². The molecule has 0 heterocycles. The molecule has 9 unspecified atom stereocenters. The first-order valence-corrected chi connectivity index (χ1v) is 25.7. The van der Waals surface area contributed by atoms with Crippen molar-refractivity contribution in [2.45, 2.75) is 117 Å². The molecule has 57 heavy (non-hydrogen) atoms. The van der Waals surface area contributed by atoms with E-state index in [1.165, 1.54) is 0 Å². The molecule has 0 radical (unpaired) electrons. The van der Waals surface area contributed by atoms with Crippen LogP contribution in [0.15, 0.2) is 0 Å². The van der Waals surface area contributed by atoms with Gasteiger partial charge in [0.05, 0.1) is 102 Å². The SMILES string of the molecule is CC(COCC(C)N(CP(=O)(O)O)CP(=O)(O)O)OCC(C)OCC(C)OCC(C)OCC(C)OCC(C)OCC(C)OCC(C)N(CP(=O)(O)O)CP(=O)(O)O. The summed E-state index contributed by atoms with van der Waals surface area (Å²) in [5, 5.41) is 0. The highest BCUT2D eigenvalue weighted by atomic mass is 31.2. The van der Waals surface area contributed by atoms with Gasteiger partial charge in [0.25, 0.3) is 0 Å². The minimum atomic E-state index is -4.55. The molecule has 22 nitrogen and oxygen atoms in total. The molecule has 9 atom stereocenters. The predicted molar refractivity (Wildman–Crippen MR) is 209 cm³/mol. The molecular weight excluding hydrogens is 844 g/mol. The Hall–Kier alpha value is 0.200. The second-order valence-corrected chi connectivity index (χ2v) is 21.1. The minimum absolute atomic E-state index is 0.0275. The van der Waals surface area contributed by atoms with E-state index < -0.39 is 73.7 Å². The van der Waals surface area contributed by atoms with Gasteiger partial charge in [0, 0.05) is 12.1 Å². The van der Waals surface area contributed by atoms with Crippen molar-refractivity contribution >= 4 is 30.4 Å². The van der Waals surface area contributed by atoms with Crippen molar-refractivity contribution in [3.8, 4) is 0 Å². The van der Waals surface area contributed by atoms with Crippen molar-refractivity contribution in [2.75, 3.05) is 84.6 Å². The Kier molecular flexibility index (Phi) is 28.1. The average molecular weight is 915 g/mol. The molecule has 8 N–H and O–H groups in total. The third-order valence-corrected chi connectivity index (χ3v) is 10.7. The quantitative estimate of drug-likeness (QED) is 0.0420. The van der Waals surface area contributed by atoms with Crippen LogP contribution >= 0.6 is 30.4 Å². The van der Waals surface area contributed by atoms with Crippen LogP contribution in [-0.2, 0) is 56.2 Å². The summed E-state index contributed by atoms with van der Waals surface area (Å²) in [4.78, 5) is 76.1. The Balaban J connectivity index is 4.27. The first-order valence-electron chi connectivity index (χ1n) is 18.5. The molecule has 0 aromatic rings. The number of hydrogen-bond donors (Lipinski definition) is 8. The lowest BCUT2D eigenvalue weighted by molar-refractivity contribution is -0.108. The minimum Gasteiger partial charge on any atom is -0.377 e. The zero-order valence-corrected chi connectivity index (χ0v) is 38.1. The van der Waals surface area contributed by atoms with E-state index in [4.69, 9.17) is 37.9 Å². The summed E-state index contributed by atoms with van der Waals surface area (Å²) in [6.07, 6.45) is -5.25. The van der Waals surface area contributed by atoms with E-state index in [0.29, 0.717) is 19.8 Å². The molecular formula is C31H70N2O20P4. The largest absolute Gasteiger partial charge is 0.377 e. The second-order valence-electron chi connectivity index (χ2n) is 14.6. The van der Waals surface area contributed by atoms with E-state index in [0.717, 1.165) is 9.80 Å². The molecule has 26 heteroatoms. The Labute approximate surface area is 336 Å². The Bertz CT molecular complexity index is 1220. The zero-order valence-electron chi connectivity index (χ0n) is 34.5. The van der Waals surface area contributed by atoms with Gasteiger partial charge < -0.3 is 77.0 Å². The average Bonchev–Trinajstić information content (AvgIpc) is 3.05. The highest BCUT2D eigenvalue weighted by Gasteiger charge is 2.31. The first kappa shape index (κ1) is 57.2. The van der Waals surface area contributed by atoms with Crippen LogP contribution in [0.2, 0.25) is 0 Å². The Morgan fingerprint density at radius 1 is 0.333 bits per heavy atom. The maximum Gasteiger partial charge on any atom is 0.339 e. The van der Waals surface area contributed by atoms with Gasteiger partial charge in [-0.3, -0.25) is 28.1 Å². The van der Waals surface area contributed by atoms with E-state index in [9.17, 15) is 57.4 Å². The van der Waals surface area contributed by atoms with E-state index >= 15 is 0 Å². The molecule has 0 spiro atoms. The van der Waals surface area contributed by atoms with Crippen LogP contribution in [0.4, 0.5) is 0 Å². The van der Waals surface area contributed by atoms with Gasteiger partial charge >= 0.3 is 30.4 Å². The first-order chi connectivity index (χ1) is 25.9. The highest BCUT2D eigenvalue weighted by molar-refractivity contribution is 7.53. The smallest absolute Gasteiger partial charge is 0.339 e. The van der Waals surface area contributed by atoms with Gasteiger partial charge in [0.1, 0.15) is 25.1 Å². The van der Waals surface area contributed by atoms with Crippen LogP contribution in [0.1, 0.15) is 62.3 Å². The molecule has 0 aliphatic carbocycles. The molecule has 344 valence electrons. The number of ether oxygens (including phenoxy) is 8. The fourth-order valence-electron chi connectivity index (χ4n) is 4.65. The maximum atomic E-state index is 11.4. The van der Waals surface area contributed by atoms with Crippen molar-refractivity contribution in [3.05, 3.63) is 0 Å². The standard InChI is InChI=1S/C31H70N2O20P4/c1-23(32(19-54(34,35)36)20-55(37,38)39)10-46-12-25(3)48-14-27(5)50-16-29(7)52-18-31(9)53-17-30(8)51-15-28(6)49-13-26(4)47-11-24(2)33(21-56(40,41)42)22-57(43,44)45/h23-31H,10-22H2,1-9H3,(H2,34,35,36)(H2,37,38,39)(H2,40,41,42)(H2,43,44,45). The second kappa shape index (κ2) is 28.0. The normalized spacial score (nSPS) is 18.3. The molecule has 0 saturated heterocycles. The van der Waals surface area contributed by atoms with Gasteiger partial charge in [-0.05, 0) is 62.3 Å². The van der Waals surface area contributed by atoms with Gasteiger partial charge in [-0.2, -0.15) is 0 Å². The van der Waals surface area contributed by atoms with Gasteiger partial charge in [-0.25, -0.2) is 0 Å². The molecule has 0 aliphatic heterocycles. The summed E-state index contributed by atoms with van der Waals surface area (Å²) < 4.78 is 91.8. The summed E-state index contributed by atoms with van der Waals surface area (Å²) in [5.74, 6) is 0. The van der Waals surface area contributed by atoms with E-state index in [-0.39, 0.29) is 76.3 Å².